The smallest absolute Gasteiger partial charge is 0.251 e. The molecule has 0 bridgehead atoms. The molecule has 3 heterocycles. The number of aromatic nitrogens is 2. The molecule has 2 fully saturated rings. The average molecular weight is 426 g/mol. The molecule has 8 heteroatoms. The first-order valence-electron chi connectivity index (χ1n) is 11.1. The van der Waals surface area contributed by atoms with E-state index < -0.39 is 5.60 Å². The second-order valence-electron chi connectivity index (χ2n) is 8.42. The Morgan fingerprint density at radius 3 is 2.87 bits per heavy atom. The number of nitrogens with one attached hydrogen (secondary N) is 1. The Labute approximate surface area is 183 Å². The third kappa shape index (κ3) is 5.92. The Kier molecular flexibility index (Phi) is 6.99. The Balaban J connectivity index is 1.28. The maximum absolute atomic E-state index is 12.7. The third-order valence-electron chi connectivity index (χ3n) is 5.98. The minimum Gasteiger partial charge on any atom is -0.492 e. The maximum Gasteiger partial charge on any atom is 0.251 e. The van der Waals surface area contributed by atoms with E-state index >= 15 is 0 Å². The van der Waals surface area contributed by atoms with Gasteiger partial charge >= 0.3 is 0 Å². The number of hydrogen-bond donors (Lipinski definition) is 2. The highest BCUT2D eigenvalue weighted by Gasteiger charge is 2.34. The third-order valence-corrected chi connectivity index (χ3v) is 5.98. The van der Waals surface area contributed by atoms with E-state index in [0.717, 1.165) is 38.4 Å². The topological polar surface area (TPSA) is 90.8 Å². The van der Waals surface area contributed by atoms with Crippen molar-refractivity contribution in [2.45, 2.75) is 31.3 Å². The van der Waals surface area contributed by atoms with Crippen LogP contribution in [0.15, 0.2) is 42.9 Å². The number of rotatable bonds is 8. The van der Waals surface area contributed by atoms with Crippen molar-refractivity contribution >= 4 is 11.7 Å². The molecule has 0 radical (unpaired) electrons. The molecule has 4 rings (SSSR count). The van der Waals surface area contributed by atoms with Gasteiger partial charge in [0, 0.05) is 44.1 Å². The zero-order valence-electron chi connectivity index (χ0n) is 17.9. The number of ether oxygens (including phenoxy) is 1. The van der Waals surface area contributed by atoms with Gasteiger partial charge in [0.25, 0.3) is 5.91 Å². The second kappa shape index (κ2) is 10.1. The molecule has 31 heavy (non-hydrogen) atoms. The van der Waals surface area contributed by atoms with Gasteiger partial charge in [0.05, 0.1) is 11.8 Å². The Bertz CT molecular complexity index is 859. The highest BCUT2D eigenvalue weighted by atomic mass is 16.5. The molecule has 2 aliphatic heterocycles. The predicted octanol–water partition coefficient (Wildman–Crippen LogP) is 1.71. The molecule has 1 aromatic carbocycles. The van der Waals surface area contributed by atoms with Gasteiger partial charge in [0.2, 0.25) is 0 Å². The van der Waals surface area contributed by atoms with Gasteiger partial charge in [-0.1, -0.05) is 6.07 Å². The summed E-state index contributed by atoms with van der Waals surface area (Å²) in [5, 5.41) is 13.9. The van der Waals surface area contributed by atoms with E-state index in [1.165, 1.54) is 12.8 Å². The summed E-state index contributed by atoms with van der Waals surface area (Å²) in [5.41, 5.74) is -0.473. The largest absolute Gasteiger partial charge is 0.492 e. The van der Waals surface area contributed by atoms with Gasteiger partial charge in [-0.2, -0.15) is 0 Å². The van der Waals surface area contributed by atoms with Gasteiger partial charge in [-0.05, 0) is 57.0 Å². The Hall–Kier alpha value is -2.71. The van der Waals surface area contributed by atoms with Crippen molar-refractivity contribution in [3.05, 3.63) is 48.4 Å². The number of piperidine rings is 1. The van der Waals surface area contributed by atoms with E-state index in [1.807, 2.05) is 17.0 Å². The van der Waals surface area contributed by atoms with Crippen molar-refractivity contribution in [3.8, 4) is 5.75 Å². The van der Waals surface area contributed by atoms with Crippen LogP contribution in [-0.2, 0) is 0 Å². The summed E-state index contributed by atoms with van der Waals surface area (Å²) in [5.74, 6) is 1.22. The first-order chi connectivity index (χ1) is 15.1. The molecule has 2 aliphatic rings. The SMILES string of the molecule is O=C(NC[C@@]1(O)CCCN(c2cnccn2)C1)c1cccc(OCCN2CCCC2)c1. The van der Waals surface area contributed by atoms with Gasteiger partial charge in [-0.3, -0.25) is 14.7 Å². The van der Waals surface area contributed by atoms with Gasteiger partial charge < -0.3 is 20.1 Å². The maximum atomic E-state index is 12.7. The van der Waals surface area contributed by atoms with Crippen molar-refractivity contribution in [1.82, 2.24) is 20.2 Å². The van der Waals surface area contributed by atoms with Crippen molar-refractivity contribution in [1.29, 1.82) is 0 Å². The highest BCUT2D eigenvalue weighted by Crippen LogP contribution is 2.24. The van der Waals surface area contributed by atoms with Gasteiger partial charge in [-0.15, -0.1) is 0 Å². The standard InChI is InChI=1S/C23H31N5O3/c29-22(19-5-3-6-20(15-19)31-14-13-27-10-1-2-11-27)26-17-23(30)7-4-12-28(18-23)21-16-24-8-9-25-21/h3,5-6,8-9,15-16,30H,1-2,4,7,10-14,17-18H2,(H,26,29)/t23-/m0/s1. The molecule has 0 unspecified atom stereocenters. The van der Waals surface area contributed by atoms with Crippen LogP contribution in [0.1, 0.15) is 36.0 Å². The molecule has 166 valence electrons. The minimum absolute atomic E-state index is 0.183. The van der Waals surface area contributed by atoms with E-state index in [-0.39, 0.29) is 12.5 Å². The summed E-state index contributed by atoms with van der Waals surface area (Å²) >= 11 is 0. The second-order valence-corrected chi connectivity index (χ2v) is 8.42. The summed E-state index contributed by atoms with van der Waals surface area (Å²) in [6.45, 7) is 5.21. The molecule has 1 atom stereocenters. The molecular weight excluding hydrogens is 394 g/mol. The quantitative estimate of drug-likeness (QED) is 0.665. The van der Waals surface area contributed by atoms with Crippen molar-refractivity contribution in [3.63, 3.8) is 0 Å². The lowest BCUT2D eigenvalue weighted by molar-refractivity contribution is 0.0254. The summed E-state index contributed by atoms with van der Waals surface area (Å²) < 4.78 is 5.85. The van der Waals surface area contributed by atoms with E-state index in [0.29, 0.717) is 30.9 Å². The number of nitrogens with zero attached hydrogens (tertiary/aromatic N) is 4. The number of carbonyl (C=O) groups excluding carboxylic acids is 1. The first-order valence-corrected chi connectivity index (χ1v) is 11.1. The average Bonchev–Trinajstić information content (AvgIpc) is 3.32. The van der Waals surface area contributed by atoms with Gasteiger partial charge in [0.15, 0.2) is 0 Å². The zero-order valence-corrected chi connectivity index (χ0v) is 17.9. The van der Waals surface area contributed by atoms with Crippen molar-refractivity contribution in [2.24, 2.45) is 0 Å². The Morgan fingerprint density at radius 2 is 2.06 bits per heavy atom. The zero-order chi connectivity index (χ0) is 21.5. The number of benzene rings is 1. The van der Waals surface area contributed by atoms with E-state index in [1.54, 1.807) is 30.7 Å². The van der Waals surface area contributed by atoms with Crippen LogP contribution in [0, 0.1) is 0 Å². The molecule has 0 aliphatic carbocycles. The lowest BCUT2D eigenvalue weighted by atomic mass is 9.92. The molecule has 2 N–H and O–H groups in total. The Morgan fingerprint density at radius 1 is 1.19 bits per heavy atom. The minimum atomic E-state index is -1.00. The summed E-state index contributed by atoms with van der Waals surface area (Å²) in [7, 11) is 0. The van der Waals surface area contributed by atoms with Crippen LogP contribution >= 0.6 is 0 Å². The van der Waals surface area contributed by atoms with E-state index in [4.69, 9.17) is 4.74 Å². The molecule has 2 aromatic rings. The summed E-state index contributed by atoms with van der Waals surface area (Å²) in [6, 6.07) is 7.22. The van der Waals surface area contributed by atoms with Crippen LogP contribution in [0.4, 0.5) is 5.82 Å². The first kappa shape index (κ1) is 21.5. The lowest BCUT2D eigenvalue weighted by Crippen LogP contribution is -2.54. The fourth-order valence-corrected chi connectivity index (χ4v) is 4.28. The number of carbonyl (C=O) groups is 1. The summed E-state index contributed by atoms with van der Waals surface area (Å²) in [6.07, 6.45) is 8.94. The van der Waals surface area contributed by atoms with E-state index in [2.05, 4.69) is 20.2 Å². The molecule has 1 aromatic heterocycles. The van der Waals surface area contributed by atoms with Crippen LogP contribution in [0.2, 0.25) is 0 Å². The van der Waals surface area contributed by atoms with Crippen LogP contribution < -0.4 is 15.0 Å². The number of amides is 1. The number of β-amino-alcohol motifs (C(OH)–C–C–N with tert-alkyl or cyclic N) is 1. The van der Waals surface area contributed by atoms with Crippen molar-refractivity contribution in [2.75, 3.05) is 50.8 Å². The molecular formula is C23H31N5O3. The molecule has 0 saturated carbocycles. The predicted molar refractivity (Wildman–Crippen MR) is 118 cm³/mol. The lowest BCUT2D eigenvalue weighted by Gasteiger charge is -2.39. The number of aliphatic hydroxyl groups is 1. The van der Waals surface area contributed by atoms with Gasteiger partial charge in [-0.25, -0.2) is 4.98 Å². The van der Waals surface area contributed by atoms with Gasteiger partial charge in [0.1, 0.15) is 18.2 Å². The molecule has 2 saturated heterocycles. The molecule has 1 amide bonds. The highest BCUT2D eigenvalue weighted by molar-refractivity contribution is 5.94. The van der Waals surface area contributed by atoms with Crippen LogP contribution in [0.3, 0.4) is 0 Å². The van der Waals surface area contributed by atoms with Crippen LogP contribution in [0.25, 0.3) is 0 Å². The molecule has 8 nitrogen and oxygen atoms in total. The van der Waals surface area contributed by atoms with Crippen molar-refractivity contribution < 1.29 is 14.6 Å². The van der Waals surface area contributed by atoms with Crippen LogP contribution in [0.5, 0.6) is 5.75 Å². The van der Waals surface area contributed by atoms with E-state index in [9.17, 15) is 9.90 Å². The number of likely N-dealkylation sites (tertiary alicyclic amines) is 1. The summed E-state index contributed by atoms with van der Waals surface area (Å²) in [4.78, 5) is 25.5. The number of anilines is 1. The van der Waals surface area contributed by atoms with Crippen LogP contribution in [-0.4, -0.2) is 77.4 Å². The fraction of sp³-hybridized carbons (Fsp3) is 0.522. The number of hydrogen-bond acceptors (Lipinski definition) is 7. The monoisotopic (exact) mass is 425 g/mol. The molecule has 0 spiro atoms. The fourth-order valence-electron chi connectivity index (χ4n) is 4.28. The normalized spacial score (nSPS) is 21.8.